The van der Waals surface area contributed by atoms with Crippen LogP contribution in [0.5, 0.6) is 5.88 Å². The van der Waals surface area contributed by atoms with Gasteiger partial charge in [-0.2, -0.15) is 4.98 Å². The van der Waals surface area contributed by atoms with E-state index in [1.807, 2.05) is 13.0 Å². The summed E-state index contributed by atoms with van der Waals surface area (Å²) in [5.74, 6) is 1.79. The number of nitrogens with zero attached hydrogens (tertiary/aromatic N) is 2. The van der Waals surface area contributed by atoms with Gasteiger partial charge in [0.2, 0.25) is 11.8 Å². The first-order valence-electron chi connectivity index (χ1n) is 6.58. The fraction of sp³-hybridized carbons (Fsp3) is 0.692. The first-order valence-corrected chi connectivity index (χ1v) is 6.58. The van der Waals surface area contributed by atoms with Crippen LogP contribution in [-0.2, 0) is 4.74 Å². The molecule has 1 atom stereocenters. The van der Waals surface area contributed by atoms with Gasteiger partial charge in [0, 0.05) is 30.8 Å². The van der Waals surface area contributed by atoms with E-state index in [2.05, 4.69) is 22.2 Å². The van der Waals surface area contributed by atoms with Gasteiger partial charge in [-0.3, -0.25) is 0 Å². The molecule has 0 spiro atoms. The monoisotopic (exact) mass is 251 g/mol. The van der Waals surface area contributed by atoms with Crippen LogP contribution in [0.3, 0.4) is 0 Å². The van der Waals surface area contributed by atoms with Gasteiger partial charge >= 0.3 is 0 Å². The summed E-state index contributed by atoms with van der Waals surface area (Å²) in [6.07, 6.45) is 2.12. The Labute approximate surface area is 108 Å². The average Bonchev–Trinajstić information content (AvgIpc) is 2.86. The molecule has 2 rings (SSSR count). The van der Waals surface area contributed by atoms with E-state index >= 15 is 0 Å². The fourth-order valence-corrected chi connectivity index (χ4v) is 1.85. The molecule has 0 amide bonds. The number of hydrogen-bond donors (Lipinski definition) is 1. The van der Waals surface area contributed by atoms with E-state index in [1.54, 1.807) is 0 Å². The summed E-state index contributed by atoms with van der Waals surface area (Å²) < 4.78 is 11.0. The number of ether oxygens (including phenoxy) is 2. The van der Waals surface area contributed by atoms with E-state index in [0.717, 1.165) is 38.3 Å². The van der Waals surface area contributed by atoms with Crippen molar-refractivity contribution in [2.45, 2.75) is 26.7 Å². The quantitative estimate of drug-likeness (QED) is 0.838. The first kappa shape index (κ1) is 13.1. The van der Waals surface area contributed by atoms with E-state index in [0.29, 0.717) is 24.4 Å². The normalized spacial score (nSPS) is 18.9. The van der Waals surface area contributed by atoms with Gasteiger partial charge in [0.15, 0.2) is 0 Å². The van der Waals surface area contributed by atoms with Crippen LogP contribution in [0.4, 0.5) is 5.95 Å². The van der Waals surface area contributed by atoms with Gasteiger partial charge in [-0.25, -0.2) is 4.98 Å². The van der Waals surface area contributed by atoms with E-state index in [9.17, 15) is 0 Å². The Morgan fingerprint density at radius 3 is 3.11 bits per heavy atom. The number of aromatic nitrogens is 2. The molecule has 5 nitrogen and oxygen atoms in total. The lowest BCUT2D eigenvalue weighted by Crippen LogP contribution is -2.13. The molecule has 1 fully saturated rings. The Balaban J connectivity index is 1.91. The molecule has 0 bridgehead atoms. The SMILES string of the molecule is CCCNc1nc(C)cc(OCC2CCOC2)n1. The molecule has 100 valence electrons. The molecule has 1 aliphatic rings. The van der Waals surface area contributed by atoms with Crippen molar-refractivity contribution in [3.63, 3.8) is 0 Å². The van der Waals surface area contributed by atoms with Crippen molar-refractivity contribution < 1.29 is 9.47 Å². The molecular weight excluding hydrogens is 230 g/mol. The Morgan fingerprint density at radius 1 is 1.50 bits per heavy atom. The van der Waals surface area contributed by atoms with Crippen LogP contribution in [0.2, 0.25) is 0 Å². The molecule has 18 heavy (non-hydrogen) atoms. The summed E-state index contributed by atoms with van der Waals surface area (Å²) in [4.78, 5) is 8.67. The van der Waals surface area contributed by atoms with Crippen molar-refractivity contribution in [1.29, 1.82) is 0 Å². The van der Waals surface area contributed by atoms with Crippen LogP contribution in [0, 0.1) is 12.8 Å². The molecule has 0 radical (unpaired) electrons. The van der Waals surface area contributed by atoms with Gasteiger partial charge in [0.1, 0.15) is 0 Å². The van der Waals surface area contributed by atoms with E-state index in [1.165, 1.54) is 0 Å². The third kappa shape index (κ3) is 3.84. The van der Waals surface area contributed by atoms with Gasteiger partial charge in [-0.15, -0.1) is 0 Å². The van der Waals surface area contributed by atoms with Crippen molar-refractivity contribution in [3.8, 4) is 5.88 Å². The van der Waals surface area contributed by atoms with Crippen LogP contribution in [0.1, 0.15) is 25.5 Å². The van der Waals surface area contributed by atoms with Crippen LogP contribution in [-0.4, -0.2) is 36.3 Å². The average molecular weight is 251 g/mol. The summed E-state index contributed by atoms with van der Waals surface area (Å²) in [5, 5.41) is 3.18. The van der Waals surface area contributed by atoms with E-state index in [4.69, 9.17) is 9.47 Å². The van der Waals surface area contributed by atoms with Gasteiger partial charge in [-0.1, -0.05) is 6.92 Å². The van der Waals surface area contributed by atoms with Crippen molar-refractivity contribution >= 4 is 5.95 Å². The zero-order valence-corrected chi connectivity index (χ0v) is 11.1. The summed E-state index contributed by atoms with van der Waals surface area (Å²) >= 11 is 0. The molecule has 1 unspecified atom stereocenters. The van der Waals surface area contributed by atoms with Crippen molar-refractivity contribution in [3.05, 3.63) is 11.8 Å². The maximum Gasteiger partial charge on any atom is 0.226 e. The topological polar surface area (TPSA) is 56.3 Å². The zero-order chi connectivity index (χ0) is 12.8. The second kappa shape index (κ2) is 6.54. The third-order valence-electron chi connectivity index (χ3n) is 2.85. The molecular formula is C13H21N3O2. The molecule has 1 saturated heterocycles. The maximum absolute atomic E-state index is 5.72. The van der Waals surface area contributed by atoms with Gasteiger partial charge < -0.3 is 14.8 Å². The second-order valence-electron chi connectivity index (χ2n) is 4.64. The van der Waals surface area contributed by atoms with Crippen LogP contribution in [0.25, 0.3) is 0 Å². The highest BCUT2D eigenvalue weighted by molar-refractivity contribution is 5.30. The highest BCUT2D eigenvalue weighted by Crippen LogP contribution is 2.16. The zero-order valence-electron chi connectivity index (χ0n) is 11.1. The van der Waals surface area contributed by atoms with Gasteiger partial charge in [-0.05, 0) is 19.8 Å². The largest absolute Gasteiger partial charge is 0.477 e. The minimum absolute atomic E-state index is 0.493. The smallest absolute Gasteiger partial charge is 0.226 e. The predicted molar refractivity (Wildman–Crippen MR) is 70.0 cm³/mol. The molecule has 2 heterocycles. The molecule has 5 heteroatoms. The van der Waals surface area contributed by atoms with Crippen LogP contribution >= 0.6 is 0 Å². The molecule has 1 aromatic rings. The standard InChI is InChI=1S/C13H21N3O2/c1-3-5-14-13-15-10(2)7-12(16-13)18-9-11-4-6-17-8-11/h7,11H,3-6,8-9H2,1-2H3,(H,14,15,16). The number of aryl methyl sites for hydroxylation is 1. The minimum atomic E-state index is 0.493. The molecule has 0 aromatic carbocycles. The lowest BCUT2D eigenvalue weighted by Gasteiger charge is -2.11. The molecule has 0 saturated carbocycles. The maximum atomic E-state index is 5.72. The van der Waals surface area contributed by atoms with Gasteiger partial charge in [0.25, 0.3) is 0 Å². The number of rotatable bonds is 6. The molecule has 1 N–H and O–H groups in total. The minimum Gasteiger partial charge on any atom is -0.477 e. The Hall–Kier alpha value is -1.36. The first-order chi connectivity index (χ1) is 8.78. The van der Waals surface area contributed by atoms with E-state index in [-0.39, 0.29) is 0 Å². The highest BCUT2D eigenvalue weighted by Gasteiger charge is 2.16. The van der Waals surface area contributed by atoms with Crippen molar-refractivity contribution in [1.82, 2.24) is 9.97 Å². The fourth-order valence-electron chi connectivity index (χ4n) is 1.85. The van der Waals surface area contributed by atoms with Crippen LogP contribution < -0.4 is 10.1 Å². The summed E-state index contributed by atoms with van der Waals surface area (Å²) in [6, 6.07) is 1.87. The number of nitrogens with one attached hydrogen (secondary N) is 1. The lowest BCUT2D eigenvalue weighted by molar-refractivity contribution is 0.165. The van der Waals surface area contributed by atoms with Crippen molar-refractivity contribution in [2.75, 3.05) is 31.7 Å². The predicted octanol–water partition coefficient (Wildman–Crippen LogP) is 2.02. The molecule has 0 aliphatic carbocycles. The van der Waals surface area contributed by atoms with E-state index < -0.39 is 0 Å². The number of anilines is 1. The van der Waals surface area contributed by atoms with Crippen molar-refractivity contribution in [2.24, 2.45) is 5.92 Å². The Kier molecular flexibility index (Phi) is 4.75. The number of hydrogen-bond acceptors (Lipinski definition) is 5. The third-order valence-corrected chi connectivity index (χ3v) is 2.85. The molecule has 1 aromatic heterocycles. The molecule has 1 aliphatic heterocycles. The second-order valence-corrected chi connectivity index (χ2v) is 4.64. The Bertz CT molecular complexity index is 378. The summed E-state index contributed by atoms with van der Waals surface area (Å²) in [5.41, 5.74) is 0.918. The lowest BCUT2D eigenvalue weighted by atomic mass is 10.1. The van der Waals surface area contributed by atoms with Gasteiger partial charge in [0.05, 0.1) is 13.2 Å². The van der Waals surface area contributed by atoms with Crippen LogP contribution in [0.15, 0.2) is 6.07 Å². The summed E-state index contributed by atoms with van der Waals surface area (Å²) in [7, 11) is 0. The highest BCUT2D eigenvalue weighted by atomic mass is 16.5. The Morgan fingerprint density at radius 2 is 2.39 bits per heavy atom. The summed E-state index contributed by atoms with van der Waals surface area (Å²) in [6.45, 7) is 7.25.